The third-order valence-corrected chi connectivity index (χ3v) is 1.96. The van der Waals surface area contributed by atoms with Crippen molar-refractivity contribution in [2.45, 2.75) is 25.1 Å². The highest BCUT2D eigenvalue weighted by atomic mass is 79.9. The lowest BCUT2D eigenvalue weighted by atomic mass is 10.1. The predicted octanol–water partition coefficient (Wildman–Crippen LogP) is 2.52. The molecule has 58 valence electrons. The van der Waals surface area contributed by atoms with Crippen molar-refractivity contribution in [2.75, 3.05) is 0 Å². The topological polar surface area (TPSA) is 47.6 Å². The van der Waals surface area contributed by atoms with Gasteiger partial charge in [0.15, 0.2) is 0 Å². The summed E-state index contributed by atoms with van der Waals surface area (Å²) in [6, 6.07) is 3.75. The van der Waals surface area contributed by atoms with Crippen molar-refractivity contribution in [3.8, 4) is 12.1 Å². The quantitative estimate of drug-likeness (QED) is 0.522. The minimum Gasteiger partial charge on any atom is -0.192 e. The minimum atomic E-state index is 0.113. The molecule has 1 unspecified atom stereocenters. The number of nitriles is 2. The van der Waals surface area contributed by atoms with Crippen LogP contribution in [0, 0.1) is 22.7 Å². The van der Waals surface area contributed by atoms with E-state index in [1.807, 2.05) is 26.0 Å². The van der Waals surface area contributed by atoms with Crippen LogP contribution in [0.3, 0.4) is 0 Å². The van der Waals surface area contributed by atoms with Gasteiger partial charge in [0.05, 0.1) is 0 Å². The largest absolute Gasteiger partial charge is 0.192 e. The maximum absolute atomic E-state index is 8.53. The molecule has 0 aliphatic carbocycles. The molecule has 11 heavy (non-hydrogen) atoms. The second-order valence-corrected chi connectivity index (χ2v) is 3.47. The van der Waals surface area contributed by atoms with E-state index in [1.165, 1.54) is 0 Å². The summed E-state index contributed by atoms with van der Waals surface area (Å²) in [4.78, 5) is 0.113. The Balaban J connectivity index is 4.86. The Hall–Kier alpha value is -0.800. The summed E-state index contributed by atoms with van der Waals surface area (Å²) >= 11 is 3.32. The fourth-order valence-electron chi connectivity index (χ4n) is 0.826. The first kappa shape index (κ1) is 10.2. The molecule has 0 aliphatic heterocycles. The zero-order valence-corrected chi connectivity index (χ0v) is 8.14. The number of nitrogens with zero attached hydrogens (tertiary/aromatic N) is 2. The van der Waals surface area contributed by atoms with Crippen LogP contribution in [0.2, 0.25) is 0 Å². The fourth-order valence-corrected chi connectivity index (χ4v) is 1.38. The SMILES string of the molecule is CCC(=C(C#N)C#N)C(C)Br. The maximum Gasteiger partial charge on any atom is 0.129 e. The highest BCUT2D eigenvalue weighted by Crippen LogP contribution is 2.18. The lowest BCUT2D eigenvalue weighted by molar-refractivity contribution is 0.993. The Morgan fingerprint density at radius 3 is 2.00 bits per heavy atom. The molecule has 0 saturated heterocycles. The van der Waals surface area contributed by atoms with Gasteiger partial charge in [0, 0.05) is 4.83 Å². The van der Waals surface area contributed by atoms with Crippen LogP contribution in [0.5, 0.6) is 0 Å². The summed E-state index contributed by atoms with van der Waals surface area (Å²) in [5.74, 6) is 0. The Morgan fingerprint density at radius 2 is 1.91 bits per heavy atom. The van der Waals surface area contributed by atoms with Crippen LogP contribution >= 0.6 is 15.9 Å². The molecule has 0 N–H and O–H groups in total. The molecule has 0 aromatic carbocycles. The molecule has 0 aromatic heterocycles. The van der Waals surface area contributed by atoms with E-state index in [2.05, 4.69) is 15.9 Å². The molecule has 0 rings (SSSR count). The Labute approximate surface area is 75.3 Å². The van der Waals surface area contributed by atoms with Crippen molar-refractivity contribution in [2.24, 2.45) is 0 Å². The van der Waals surface area contributed by atoms with Gasteiger partial charge in [0.1, 0.15) is 17.7 Å². The molecule has 0 aliphatic rings. The van der Waals surface area contributed by atoms with Crippen molar-refractivity contribution in [1.29, 1.82) is 10.5 Å². The molecule has 3 heteroatoms. The minimum absolute atomic E-state index is 0.113. The molecular weight excluding hydrogens is 204 g/mol. The molecule has 0 amide bonds. The smallest absolute Gasteiger partial charge is 0.129 e. The van der Waals surface area contributed by atoms with Crippen molar-refractivity contribution in [3.63, 3.8) is 0 Å². The molecule has 0 aromatic rings. The molecule has 0 heterocycles. The van der Waals surface area contributed by atoms with E-state index in [9.17, 15) is 0 Å². The van der Waals surface area contributed by atoms with E-state index < -0.39 is 0 Å². The van der Waals surface area contributed by atoms with Crippen LogP contribution in [0.1, 0.15) is 20.3 Å². The average molecular weight is 213 g/mol. The van der Waals surface area contributed by atoms with Gasteiger partial charge in [-0.1, -0.05) is 22.9 Å². The van der Waals surface area contributed by atoms with Crippen molar-refractivity contribution in [1.82, 2.24) is 0 Å². The monoisotopic (exact) mass is 212 g/mol. The van der Waals surface area contributed by atoms with Gasteiger partial charge in [-0.05, 0) is 18.9 Å². The van der Waals surface area contributed by atoms with E-state index in [4.69, 9.17) is 10.5 Å². The number of halogens is 1. The third-order valence-electron chi connectivity index (χ3n) is 1.41. The molecule has 0 fully saturated rings. The van der Waals surface area contributed by atoms with Crippen LogP contribution in [-0.4, -0.2) is 4.83 Å². The van der Waals surface area contributed by atoms with Crippen LogP contribution in [0.25, 0.3) is 0 Å². The first-order valence-corrected chi connectivity index (χ1v) is 4.26. The van der Waals surface area contributed by atoms with Gasteiger partial charge in [-0.3, -0.25) is 0 Å². The Bertz CT molecular complexity index is 224. The maximum atomic E-state index is 8.53. The molecule has 0 radical (unpaired) electrons. The van der Waals surface area contributed by atoms with Gasteiger partial charge >= 0.3 is 0 Å². The van der Waals surface area contributed by atoms with E-state index in [-0.39, 0.29) is 10.4 Å². The van der Waals surface area contributed by atoms with Gasteiger partial charge < -0.3 is 0 Å². The lowest BCUT2D eigenvalue weighted by Gasteiger charge is -2.05. The van der Waals surface area contributed by atoms with Crippen LogP contribution in [-0.2, 0) is 0 Å². The average Bonchev–Trinajstić information content (AvgIpc) is 1.99. The summed E-state index contributed by atoms with van der Waals surface area (Å²) in [5, 5.41) is 17.1. The summed E-state index contributed by atoms with van der Waals surface area (Å²) in [5.41, 5.74) is 1.10. The second kappa shape index (κ2) is 4.93. The van der Waals surface area contributed by atoms with Crippen LogP contribution in [0.4, 0.5) is 0 Å². The van der Waals surface area contributed by atoms with E-state index >= 15 is 0 Å². The first-order valence-electron chi connectivity index (χ1n) is 3.34. The summed E-state index contributed by atoms with van der Waals surface area (Å²) < 4.78 is 0. The zero-order chi connectivity index (χ0) is 8.85. The van der Waals surface area contributed by atoms with Crippen molar-refractivity contribution in [3.05, 3.63) is 11.1 Å². The van der Waals surface area contributed by atoms with Gasteiger partial charge in [-0.2, -0.15) is 10.5 Å². The van der Waals surface area contributed by atoms with Crippen molar-refractivity contribution < 1.29 is 0 Å². The Morgan fingerprint density at radius 1 is 1.45 bits per heavy atom. The van der Waals surface area contributed by atoms with Crippen LogP contribution < -0.4 is 0 Å². The van der Waals surface area contributed by atoms with Gasteiger partial charge in [0.25, 0.3) is 0 Å². The lowest BCUT2D eigenvalue weighted by Crippen LogP contribution is -1.98. The Kier molecular flexibility index (Phi) is 4.57. The molecule has 1 atom stereocenters. The molecule has 0 saturated carbocycles. The van der Waals surface area contributed by atoms with Gasteiger partial charge in [0.2, 0.25) is 0 Å². The number of hydrogen-bond acceptors (Lipinski definition) is 2. The fraction of sp³-hybridized carbons (Fsp3) is 0.500. The van der Waals surface area contributed by atoms with E-state index in [0.29, 0.717) is 0 Å². The summed E-state index contributed by atoms with van der Waals surface area (Å²) in [7, 11) is 0. The number of hydrogen-bond donors (Lipinski definition) is 0. The zero-order valence-electron chi connectivity index (χ0n) is 6.56. The van der Waals surface area contributed by atoms with Crippen molar-refractivity contribution >= 4 is 15.9 Å². The molecule has 2 nitrogen and oxygen atoms in total. The predicted molar refractivity (Wildman–Crippen MR) is 46.9 cm³/mol. The highest BCUT2D eigenvalue weighted by Gasteiger charge is 2.08. The third kappa shape index (κ3) is 2.74. The van der Waals surface area contributed by atoms with Gasteiger partial charge in [-0.25, -0.2) is 0 Å². The second-order valence-electron chi connectivity index (χ2n) is 2.09. The van der Waals surface area contributed by atoms with E-state index in [0.717, 1.165) is 12.0 Å². The van der Waals surface area contributed by atoms with E-state index in [1.54, 1.807) is 0 Å². The van der Waals surface area contributed by atoms with Gasteiger partial charge in [-0.15, -0.1) is 0 Å². The number of rotatable bonds is 2. The summed E-state index contributed by atoms with van der Waals surface area (Å²) in [6.45, 7) is 3.84. The molecular formula is C8H9BrN2. The molecule has 0 spiro atoms. The number of allylic oxidation sites excluding steroid dienone is 2. The standard InChI is InChI=1S/C8H9BrN2/c1-3-8(6(2)9)7(4-10)5-11/h6H,3H2,1-2H3. The first-order chi connectivity index (χ1) is 5.17. The summed E-state index contributed by atoms with van der Waals surface area (Å²) in [6.07, 6.45) is 0.739. The van der Waals surface area contributed by atoms with Crippen LogP contribution in [0.15, 0.2) is 11.1 Å². The normalized spacial score (nSPS) is 11.0. The highest BCUT2D eigenvalue weighted by molar-refractivity contribution is 9.09. The molecule has 0 bridgehead atoms. The number of alkyl halides is 1.